The van der Waals surface area contributed by atoms with Crippen LogP contribution in [0.3, 0.4) is 0 Å². The molecule has 1 heterocycles. The summed E-state index contributed by atoms with van der Waals surface area (Å²) in [4.78, 5) is 4.37. The highest BCUT2D eigenvalue weighted by molar-refractivity contribution is 9.10. The molecule has 0 aliphatic heterocycles. The minimum Gasteiger partial charge on any atom is -0.483 e. The number of nitrogens with zero attached hydrogens (tertiary/aromatic N) is 2. The summed E-state index contributed by atoms with van der Waals surface area (Å²) in [5.41, 5.74) is 0.916. The lowest BCUT2D eigenvalue weighted by Gasteiger charge is -2.08. The van der Waals surface area contributed by atoms with Gasteiger partial charge in [-0.2, -0.15) is 4.98 Å². The molecule has 0 saturated heterocycles. The van der Waals surface area contributed by atoms with Gasteiger partial charge in [0.15, 0.2) is 6.61 Å². The number of ether oxygens (including phenoxy) is 1. The number of halogens is 1. The smallest absolute Gasteiger partial charge is 0.264 e. The molecule has 118 valence electrons. The van der Waals surface area contributed by atoms with Crippen LogP contribution in [0.2, 0.25) is 0 Å². The molecule has 0 bridgehead atoms. The second-order valence-corrected chi connectivity index (χ2v) is 6.06. The highest BCUT2D eigenvalue weighted by Crippen LogP contribution is 2.33. The van der Waals surface area contributed by atoms with Gasteiger partial charge < -0.3 is 9.26 Å². The summed E-state index contributed by atoms with van der Waals surface area (Å²) in [6.45, 7) is 0.219. The minimum atomic E-state index is 0.219. The molecule has 5 heteroatoms. The third-order valence-corrected chi connectivity index (χ3v) is 4.50. The van der Waals surface area contributed by atoms with E-state index in [1.807, 2.05) is 60.7 Å². The van der Waals surface area contributed by atoms with Crippen LogP contribution >= 0.6 is 15.9 Å². The zero-order valence-electron chi connectivity index (χ0n) is 12.6. The van der Waals surface area contributed by atoms with Gasteiger partial charge in [-0.3, -0.25) is 0 Å². The van der Waals surface area contributed by atoms with Crippen molar-refractivity contribution in [2.45, 2.75) is 6.61 Å². The van der Waals surface area contributed by atoms with E-state index in [1.165, 1.54) is 0 Å². The molecular formula is C19H13BrN2O2. The lowest BCUT2D eigenvalue weighted by molar-refractivity contribution is 0.242. The van der Waals surface area contributed by atoms with E-state index >= 15 is 0 Å². The van der Waals surface area contributed by atoms with Crippen LogP contribution in [0, 0.1) is 0 Å². The second kappa shape index (κ2) is 6.45. The molecule has 4 nitrogen and oxygen atoms in total. The van der Waals surface area contributed by atoms with Crippen LogP contribution in [-0.2, 0) is 6.61 Å². The van der Waals surface area contributed by atoms with E-state index in [0.29, 0.717) is 11.7 Å². The summed E-state index contributed by atoms with van der Waals surface area (Å²) in [7, 11) is 0. The molecule has 3 aromatic carbocycles. The van der Waals surface area contributed by atoms with Crippen LogP contribution in [-0.4, -0.2) is 10.1 Å². The van der Waals surface area contributed by atoms with Crippen molar-refractivity contribution in [3.63, 3.8) is 0 Å². The number of fused-ring (bicyclic) bond motifs is 1. The Kier molecular flexibility index (Phi) is 4.01. The van der Waals surface area contributed by atoms with Crippen LogP contribution in [0.25, 0.3) is 22.2 Å². The van der Waals surface area contributed by atoms with Crippen LogP contribution in [0.5, 0.6) is 5.75 Å². The Hall–Kier alpha value is -2.66. The molecule has 24 heavy (non-hydrogen) atoms. The van der Waals surface area contributed by atoms with Crippen LogP contribution < -0.4 is 4.74 Å². The SMILES string of the molecule is Brc1c(OCc2nc(-c3ccccc3)no2)ccc2ccccc12. The average Bonchev–Trinajstić information content (AvgIpc) is 3.11. The van der Waals surface area contributed by atoms with Crippen molar-refractivity contribution < 1.29 is 9.26 Å². The Balaban J connectivity index is 1.53. The van der Waals surface area contributed by atoms with Gasteiger partial charge in [-0.05, 0) is 32.8 Å². The van der Waals surface area contributed by atoms with E-state index < -0.39 is 0 Å². The maximum Gasteiger partial charge on any atom is 0.264 e. The Labute approximate surface area is 147 Å². The zero-order chi connectivity index (χ0) is 16.4. The maximum atomic E-state index is 5.84. The molecule has 0 fully saturated rings. The van der Waals surface area contributed by atoms with Gasteiger partial charge in [0.1, 0.15) is 5.75 Å². The predicted octanol–water partition coefficient (Wildman–Crippen LogP) is 5.23. The van der Waals surface area contributed by atoms with E-state index in [2.05, 4.69) is 32.1 Å². The largest absolute Gasteiger partial charge is 0.483 e. The number of rotatable bonds is 4. The summed E-state index contributed by atoms with van der Waals surface area (Å²) < 4.78 is 12.0. The van der Waals surface area contributed by atoms with Gasteiger partial charge in [-0.1, -0.05) is 65.8 Å². The molecule has 0 amide bonds. The normalized spacial score (nSPS) is 10.9. The maximum absolute atomic E-state index is 5.84. The van der Waals surface area contributed by atoms with Gasteiger partial charge in [-0.25, -0.2) is 0 Å². The molecule has 1 aromatic heterocycles. The highest BCUT2D eigenvalue weighted by atomic mass is 79.9. The molecule has 0 radical (unpaired) electrons. The highest BCUT2D eigenvalue weighted by Gasteiger charge is 2.11. The molecule has 4 aromatic rings. The van der Waals surface area contributed by atoms with Crippen molar-refractivity contribution >= 4 is 26.7 Å². The zero-order valence-corrected chi connectivity index (χ0v) is 14.2. The number of hydrogen-bond donors (Lipinski definition) is 0. The third-order valence-electron chi connectivity index (χ3n) is 3.68. The van der Waals surface area contributed by atoms with Crippen LogP contribution in [0.15, 0.2) is 75.7 Å². The standard InChI is InChI=1S/C19H13BrN2O2/c20-18-15-9-5-4-6-13(15)10-11-16(18)23-12-17-21-19(22-24-17)14-7-2-1-3-8-14/h1-11H,12H2. The van der Waals surface area contributed by atoms with E-state index in [9.17, 15) is 0 Å². The van der Waals surface area contributed by atoms with Gasteiger partial charge in [0.05, 0.1) is 4.47 Å². The van der Waals surface area contributed by atoms with Gasteiger partial charge in [0.25, 0.3) is 5.89 Å². The monoisotopic (exact) mass is 380 g/mol. The molecule has 0 N–H and O–H groups in total. The summed E-state index contributed by atoms with van der Waals surface area (Å²) in [6, 6.07) is 21.8. The van der Waals surface area contributed by atoms with Crippen molar-refractivity contribution in [2.24, 2.45) is 0 Å². The molecule has 0 spiro atoms. The predicted molar refractivity (Wildman–Crippen MR) is 95.7 cm³/mol. The lowest BCUT2D eigenvalue weighted by atomic mass is 10.1. The fourth-order valence-electron chi connectivity index (χ4n) is 2.48. The third kappa shape index (κ3) is 2.90. The Morgan fingerprint density at radius 3 is 2.58 bits per heavy atom. The molecule has 0 atom stereocenters. The molecule has 0 aliphatic rings. The van der Waals surface area contributed by atoms with Gasteiger partial charge in [-0.15, -0.1) is 0 Å². The minimum absolute atomic E-state index is 0.219. The first-order valence-corrected chi connectivity index (χ1v) is 8.28. The molecule has 4 rings (SSSR count). The average molecular weight is 381 g/mol. The van der Waals surface area contributed by atoms with Crippen molar-refractivity contribution in [2.75, 3.05) is 0 Å². The molecule has 0 unspecified atom stereocenters. The number of benzene rings is 3. The fourth-order valence-corrected chi connectivity index (χ4v) is 3.09. The van der Waals surface area contributed by atoms with E-state index in [4.69, 9.17) is 9.26 Å². The number of hydrogen-bond acceptors (Lipinski definition) is 4. The first-order valence-electron chi connectivity index (χ1n) is 7.49. The van der Waals surface area contributed by atoms with Gasteiger partial charge in [0, 0.05) is 5.56 Å². The topological polar surface area (TPSA) is 48.2 Å². The first-order chi connectivity index (χ1) is 11.8. The van der Waals surface area contributed by atoms with Crippen molar-refractivity contribution in [1.82, 2.24) is 10.1 Å². The molecule has 0 saturated carbocycles. The quantitative estimate of drug-likeness (QED) is 0.486. The summed E-state index contributed by atoms with van der Waals surface area (Å²) in [5, 5.41) is 6.25. The van der Waals surface area contributed by atoms with Gasteiger partial charge >= 0.3 is 0 Å². The Morgan fingerprint density at radius 1 is 0.917 bits per heavy atom. The van der Waals surface area contributed by atoms with Crippen LogP contribution in [0.1, 0.15) is 5.89 Å². The molecular weight excluding hydrogens is 368 g/mol. The first kappa shape index (κ1) is 14.9. The van der Waals surface area contributed by atoms with E-state index in [-0.39, 0.29) is 6.61 Å². The summed E-state index contributed by atoms with van der Waals surface area (Å²) >= 11 is 3.61. The summed E-state index contributed by atoms with van der Waals surface area (Å²) in [5.74, 6) is 1.74. The lowest BCUT2D eigenvalue weighted by Crippen LogP contribution is -1.96. The Bertz CT molecular complexity index is 983. The van der Waals surface area contributed by atoms with E-state index in [0.717, 1.165) is 26.6 Å². The van der Waals surface area contributed by atoms with Crippen molar-refractivity contribution in [3.8, 4) is 17.1 Å². The van der Waals surface area contributed by atoms with Crippen molar-refractivity contribution in [1.29, 1.82) is 0 Å². The number of aromatic nitrogens is 2. The van der Waals surface area contributed by atoms with Crippen molar-refractivity contribution in [3.05, 3.63) is 77.1 Å². The molecule has 0 aliphatic carbocycles. The second-order valence-electron chi connectivity index (χ2n) is 5.27. The Morgan fingerprint density at radius 2 is 1.71 bits per heavy atom. The van der Waals surface area contributed by atoms with E-state index in [1.54, 1.807) is 0 Å². The van der Waals surface area contributed by atoms with Gasteiger partial charge in [0.2, 0.25) is 5.82 Å². The summed E-state index contributed by atoms with van der Waals surface area (Å²) in [6.07, 6.45) is 0. The van der Waals surface area contributed by atoms with Crippen LogP contribution in [0.4, 0.5) is 0 Å². The fraction of sp³-hybridized carbons (Fsp3) is 0.0526.